The van der Waals surface area contributed by atoms with Gasteiger partial charge in [-0.05, 0) is 17.7 Å². The minimum atomic E-state index is -0.164. The van der Waals surface area contributed by atoms with Gasteiger partial charge in [0.1, 0.15) is 0 Å². The molecule has 0 fully saturated rings. The summed E-state index contributed by atoms with van der Waals surface area (Å²) < 4.78 is 1.05. The Hall–Kier alpha value is -0.700. The lowest BCUT2D eigenvalue weighted by atomic mass is 9.85. The molecule has 70 valence electrons. The predicted octanol–water partition coefficient (Wildman–Crippen LogP) is 3.49. The summed E-state index contributed by atoms with van der Waals surface area (Å²) in [5.41, 5.74) is 0.970. The van der Waals surface area contributed by atoms with Crippen LogP contribution in [-0.2, 0) is 5.41 Å². The summed E-state index contributed by atoms with van der Waals surface area (Å²) in [6.07, 6.45) is 0. The van der Waals surface area contributed by atoms with Gasteiger partial charge in [0.15, 0.2) is 0 Å². The third-order valence-corrected chi connectivity index (χ3v) is 2.61. The average molecular weight is 242 g/mol. The Balaban J connectivity index is 2.93. The molecular formula is C10H12BrNO. The second-order valence-electron chi connectivity index (χ2n) is 3.68. The fourth-order valence-corrected chi connectivity index (χ4v) is 1.42. The molecule has 0 N–H and O–H groups in total. The summed E-state index contributed by atoms with van der Waals surface area (Å²) in [4.78, 5) is 10.2. The van der Waals surface area contributed by atoms with Crippen molar-refractivity contribution in [3.8, 4) is 0 Å². The summed E-state index contributed by atoms with van der Waals surface area (Å²) in [7, 11) is 0. The van der Waals surface area contributed by atoms with Crippen molar-refractivity contribution in [2.75, 3.05) is 6.54 Å². The van der Waals surface area contributed by atoms with E-state index in [4.69, 9.17) is 0 Å². The lowest BCUT2D eigenvalue weighted by molar-refractivity contribution is 0.538. The van der Waals surface area contributed by atoms with Crippen LogP contribution in [0.3, 0.4) is 0 Å². The molecule has 0 aliphatic heterocycles. The molecule has 0 saturated carbocycles. The SMILES string of the molecule is CC(C)(CN=O)c1ccc(Br)cc1. The highest BCUT2D eigenvalue weighted by molar-refractivity contribution is 9.10. The molecule has 0 amide bonds. The standard InChI is InChI=1S/C10H12BrNO/c1-10(2,7-12-13)8-3-5-9(11)6-4-8/h3-6H,7H2,1-2H3. The van der Waals surface area contributed by atoms with Crippen LogP contribution < -0.4 is 0 Å². The summed E-state index contributed by atoms with van der Waals surface area (Å²) in [5, 5.41) is 2.94. The lowest BCUT2D eigenvalue weighted by Gasteiger charge is -2.21. The van der Waals surface area contributed by atoms with Gasteiger partial charge in [-0.2, -0.15) is 4.91 Å². The average Bonchev–Trinajstić information content (AvgIpc) is 2.05. The van der Waals surface area contributed by atoms with E-state index in [9.17, 15) is 4.91 Å². The molecule has 1 rings (SSSR count). The third-order valence-electron chi connectivity index (χ3n) is 2.09. The molecular weight excluding hydrogens is 230 g/mol. The van der Waals surface area contributed by atoms with Crippen molar-refractivity contribution in [1.29, 1.82) is 0 Å². The zero-order valence-electron chi connectivity index (χ0n) is 7.75. The summed E-state index contributed by atoms with van der Waals surface area (Å²) in [6, 6.07) is 7.97. The minimum Gasteiger partial charge on any atom is -0.151 e. The summed E-state index contributed by atoms with van der Waals surface area (Å²) in [6.45, 7) is 4.34. The van der Waals surface area contributed by atoms with E-state index in [0.29, 0.717) is 6.54 Å². The maximum absolute atomic E-state index is 10.2. The highest BCUT2D eigenvalue weighted by atomic mass is 79.9. The van der Waals surface area contributed by atoms with Crippen molar-refractivity contribution in [3.05, 3.63) is 39.2 Å². The molecule has 2 nitrogen and oxygen atoms in total. The molecule has 0 aromatic heterocycles. The molecule has 13 heavy (non-hydrogen) atoms. The summed E-state index contributed by atoms with van der Waals surface area (Å²) >= 11 is 3.37. The van der Waals surface area contributed by atoms with Crippen LogP contribution in [-0.4, -0.2) is 6.54 Å². The van der Waals surface area contributed by atoms with Gasteiger partial charge in [-0.1, -0.05) is 47.1 Å². The normalized spacial score (nSPS) is 11.3. The monoisotopic (exact) mass is 241 g/mol. The number of rotatable bonds is 3. The molecule has 0 aliphatic carbocycles. The van der Waals surface area contributed by atoms with Crippen molar-refractivity contribution in [2.45, 2.75) is 19.3 Å². The van der Waals surface area contributed by atoms with Crippen molar-refractivity contribution in [2.24, 2.45) is 5.18 Å². The second kappa shape index (κ2) is 4.01. The first-order valence-electron chi connectivity index (χ1n) is 4.11. The fourth-order valence-electron chi connectivity index (χ4n) is 1.15. The number of benzene rings is 1. The van der Waals surface area contributed by atoms with Gasteiger partial charge in [0, 0.05) is 9.89 Å². The van der Waals surface area contributed by atoms with Crippen LogP contribution in [0.5, 0.6) is 0 Å². The number of halogens is 1. The topological polar surface area (TPSA) is 29.4 Å². The first-order valence-corrected chi connectivity index (χ1v) is 4.91. The van der Waals surface area contributed by atoms with Gasteiger partial charge < -0.3 is 0 Å². The van der Waals surface area contributed by atoms with Gasteiger partial charge in [0.05, 0.1) is 6.54 Å². The Morgan fingerprint density at radius 3 is 2.31 bits per heavy atom. The van der Waals surface area contributed by atoms with Crippen molar-refractivity contribution in [1.82, 2.24) is 0 Å². The summed E-state index contributed by atoms with van der Waals surface area (Å²) in [5.74, 6) is 0. The molecule has 1 aromatic rings. The van der Waals surface area contributed by atoms with Crippen LogP contribution >= 0.6 is 15.9 Å². The molecule has 0 heterocycles. The fraction of sp³-hybridized carbons (Fsp3) is 0.400. The molecule has 0 atom stereocenters. The third kappa shape index (κ3) is 2.62. The first kappa shape index (κ1) is 10.4. The van der Waals surface area contributed by atoms with Crippen LogP contribution in [0.1, 0.15) is 19.4 Å². The van der Waals surface area contributed by atoms with E-state index in [1.807, 2.05) is 38.1 Å². The van der Waals surface area contributed by atoms with Crippen LogP contribution in [0.2, 0.25) is 0 Å². The van der Waals surface area contributed by atoms with Gasteiger partial charge >= 0.3 is 0 Å². The smallest absolute Gasteiger partial charge is 0.0902 e. The molecule has 0 unspecified atom stereocenters. The van der Waals surface area contributed by atoms with Gasteiger partial charge in [0.25, 0.3) is 0 Å². The molecule has 0 saturated heterocycles. The molecule has 3 heteroatoms. The largest absolute Gasteiger partial charge is 0.151 e. The number of nitroso groups, excluding NO2 is 1. The van der Waals surface area contributed by atoms with Gasteiger partial charge in [0.2, 0.25) is 0 Å². The maximum Gasteiger partial charge on any atom is 0.0902 e. The highest BCUT2D eigenvalue weighted by Crippen LogP contribution is 2.24. The molecule has 0 radical (unpaired) electrons. The quantitative estimate of drug-likeness (QED) is 0.746. The van der Waals surface area contributed by atoms with E-state index in [2.05, 4.69) is 21.1 Å². The van der Waals surface area contributed by atoms with Crippen LogP contribution in [0.15, 0.2) is 33.9 Å². The maximum atomic E-state index is 10.2. The lowest BCUT2D eigenvalue weighted by Crippen LogP contribution is -2.20. The van der Waals surface area contributed by atoms with E-state index in [-0.39, 0.29) is 5.41 Å². The minimum absolute atomic E-state index is 0.164. The zero-order valence-corrected chi connectivity index (χ0v) is 9.34. The Labute approximate surface area is 86.5 Å². The predicted molar refractivity (Wildman–Crippen MR) is 57.8 cm³/mol. The van der Waals surface area contributed by atoms with Gasteiger partial charge in [-0.15, -0.1) is 0 Å². The second-order valence-corrected chi connectivity index (χ2v) is 4.59. The van der Waals surface area contributed by atoms with Gasteiger partial charge in [-0.25, -0.2) is 0 Å². The number of hydrogen-bond acceptors (Lipinski definition) is 2. The number of nitrogens with zero attached hydrogens (tertiary/aromatic N) is 1. The number of hydrogen-bond donors (Lipinski definition) is 0. The molecule has 0 bridgehead atoms. The Morgan fingerprint density at radius 1 is 1.31 bits per heavy atom. The Morgan fingerprint density at radius 2 is 1.85 bits per heavy atom. The first-order chi connectivity index (χ1) is 6.06. The zero-order chi connectivity index (χ0) is 9.90. The van der Waals surface area contributed by atoms with E-state index in [1.165, 1.54) is 0 Å². The van der Waals surface area contributed by atoms with Crippen LogP contribution in [0.25, 0.3) is 0 Å². The van der Waals surface area contributed by atoms with E-state index >= 15 is 0 Å². The van der Waals surface area contributed by atoms with E-state index in [0.717, 1.165) is 10.0 Å². The van der Waals surface area contributed by atoms with Crippen molar-refractivity contribution >= 4 is 15.9 Å². The van der Waals surface area contributed by atoms with E-state index in [1.54, 1.807) is 0 Å². The van der Waals surface area contributed by atoms with Gasteiger partial charge in [-0.3, -0.25) is 0 Å². The molecule has 1 aromatic carbocycles. The van der Waals surface area contributed by atoms with Crippen molar-refractivity contribution in [3.63, 3.8) is 0 Å². The van der Waals surface area contributed by atoms with Crippen LogP contribution in [0.4, 0.5) is 0 Å². The van der Waals surface area contributed by atoms with E-state index < -0.39 is 0 Å². The molecule has 0 spiro atoms. The van der Waals surface area contributed by atoms with Crippen LogP contribution in [0, 0.1) is 4.91 Å². The Kier molecular flexibility index (Phi) is 3.20. The Bertz CT molecular complexity index is 292. The molecule has 0 aliphatic rings. The highest BCUT2D eigenvalue weighted by Gasteiger charge is 2.20. The van der Waals surface area contributed by atoms with Crippen molar-refractivity contribution < 1.29 is 0 Å².